The van der Waals surface area contributed by atoms with Crippen LogP contribution >= 0.6 is 0 Å². The van der Waals surface area contributed by atoms with Crippen molar-refractivity contribution in [3.8, 4) is 6.07 Å². The molecule has 0 spiro atoms. The van der Waals surface area contributed by atoms with Gasteiger partial charge in [0.05, 0.1) is 17.0 Å². The molecule has 1 aliphatic carbocycles. The van der Waals surface area contributed by atoms with Crippen LogP contribution in [0.5, 0.6) is 0 Å². The maximum atomic E-state index is 11.1. The summed E-state index contributed by atoms with van der Waals surface area (Å²) in [5, 5.41) is 10.00. The van der Waals surface area contributed by atoms with Crippen LogP contribution in [0.4, 0.5) is 0 Å². The van der Waals surface area contributed by atoms with Gasteiger partial charge in [-0.3, -0.25) is 0 Å². The number of carbonyl (C=O) groups is 1. The lowest BCUT2D eigenvalue weighted by atomic mass is 9.95. The van der Waals surface area contributed by atoms with Gasteiger partial charge in [0.15, 0.2) is 0 Å². The summed E-state index contributed by atoms with van der Waals surface area (Å²) in [6.07, 6.45) is 4.67. The normalized spacial score (nSPS) is 16.9. The van der Waals surface area contributed by atoms with E-state index < -0.39 is 0 Å². The molecule has 0 amide bonds. The molecule has 0 saturated heterocycles. The number of hydrogen-bond acceptors (Lipinski definition) is 2. The second-order valence-corrected chi connectivity index (χ2v) is 4.32. The predicted octanol–water partition coefficient (Wildman–Crippen LogP) is 2.27. The zero-order chi connectivity index (χ0) is 11.2. The highest BCUT2D eigenvalue weighted by molar-refractivity contribution is 5.93. The third-order valence-electron chi connectivity index (χ3n) is 3.38. The standard InChI is InChI=1S/C13H10N2O/c14-6-9-2-1-3-11-12(9)10(7-15-11)13(8-16)4-5-13/h1-3,7-8,15H,4-5H2. The molecule has 1 aromatic carbocycles. The number of benzene rings is 1. The molecule has 0 atom stereocenters. The molecule has 0 radical (unpaired) electrons. The minimum Gasteiger partial charge on any atom is -0.361 e. The van der Waals surface area contributed by atoms with Crippen LogP contribution in [0.15, 0.2) is 24.4 Å². The highest BCUT2D eigenvalue weighted by Crippen LogP contribution is 2.49. The maximum Gasteiger partial charge on any atom is 0.130 e. The van der Waals surface area contributed by atoms with Gasteiger partial charge < -0.3 is 9.78 Å². The second kappa shape index (κ2) is 2.96. The number of aromatic amines is 1. The molecule has 3 rings (SSSR count). The molecule has 16 heavy (non-hydrogen) atoms. The number of fused-ring (bicyclic) bond motifs is 1. The van der Waals surface area contributed by atoms with E-state index in [0.29, 0.717) is 5.56 Å². The lowest BCUT2D eigenvalue weighted by Crippen LogP contribution is -2.07. The molecule has 78 valence electrons. The lowest BCUT2D eigenvalue weighted by Gasteiger charge is -2.05. The molecule has 1 fully saturated rings. The van der Waals surface area contributed by atoms with Crippen LogP contribution in [-0.4, -0.2) is 11.3 Å². The molecule has 1 saturated carbocycles. The van der Waals surface area contributed by atoms with E-state index in [0.717, 1.165) is 35.6 Å². The highest BCUT2D eigenvalue weighted by atomic mass is 16.1. The van der Waals surface area contributed by atoms with Gasteiger partial charge >= 0.3 is 0 Å². The van der Waals surface area contributed by atoms with E-state index in [4.69, 9.17) is 5.26 Å². The summed E-state index contributed by atoms with van der Waals surface area (Å²) in [5.74, 6) is 0. The molecule has 0 bridgehead atoms. The summed E-state index contributed by atoms with van der Waals surface area (Å²) < 4.78 is 0. The van der Waals surface area contributed by atoms with Gasteiger partial charge in [-0.15, -0.1) is 0 Å². The first-order chi connectivity index (χ1) is 7.80. The first-order valence-corrected chi connectivity index (χ1v) is 5.28. The van der Waals surface area contributed by atoms with Gasteiger partial charge in [0.25, 0.3) is 0 Å². The van der Waals surface area contributed by atoms with Crippen molar-refractivity contribution in [1.82, 2.24) is 4.98 Å². The summed E-state index contributed by atoms with van der Waals surface area (Å²) in [6.45, 7) is 0. The zero-order valence-corrected chi connectivity index (χ0v) is 8.66. The lowest BCUT2D eigenvalue weighted by molar-refractivity contribution is -0.109. The number of rotatable bonds is 2. The van der Waals surface area contributed by atoms with Crippen LogP contribution in [0.25, 0.3) is 10.9 Å². The van der Waals surface area contributed by atoms with Crippen LogP contribution < -0.4 is 0 Å². The largest absolute Gasteiger partial charge is 0.361 e. The van der Waals surface area contributed by atoms with Gasteiger partial charge in [0, 0.05) is 17.1 Å². The number of H-pyrrole nitrogens is 1. The van der Waals surface area contributed by atoms with Crippen molar-refractivity contribution in [2.45, 2.75) is 18.3 Å². The molecule has 1 heterocycles. The molecule has 1 aliphatic rings. The molecule has 3 nitrogen and oxygen atoms in total. The van der Waals surface area contributed by atoms with E-state index in [9.17, 15) is 4.79 Å². The Balaban J connectivity index is 2.35. The summed E-state index contributed by atoms with van der Waals surface area (Å²) >= 11 is 0. The monoisotopic (exact) mass is 210 g/mol. The molecule has 1 aromatic heterocycles. The van der Waals surface area contributed by atoms with Gasteiger partial charge in [-0.05, 0) is 30.5 Å². The van der Waals surface area contributed by atoms with E-state index in [1.54, 1.807) is 6.07 Å². The predicted molar refractivity (Wildman–Crippen MR) is 60.0 cm³/mol. The number of nitrogens with zero attached hydrogens (tertiary/aromatic N) is 1. The van der Waals surface area contributed by atoms with Gasteiger partial charge in [-0.1, -0.05) is 6.07 Å². The Hall–Kier alpha value is -2.08. The highest BCUT2D eigenvalue weighted by Gasteiger charge is 2.46. The van der Waals surface area contributed by atoms with Crippen molar-refractivity contribution in [2.75, 3.05) is 0 Å². The van der Waals surface area contributed by atoms with E-state index >= 15 is 0 Å². The zero-order valence-electron chi connectivity index (χ0n) is 8.66. The summed E-state index contributed by atoms with van der Waals surface area (Å²) in [6, 6.07) is 7.76. The van der Waals surface area contributed by atoms with Crippen LogP contribution in [0.1, 0.15) is 24.0 Å². The molecule has 0 aliphatic heterocycles. The molecular weight excluding hydrogens is 200 g/mol. The summed E-state index contributed by atoms with van der Waals surface area (Å²) in [4.78, 5) is 14.3. The smallest absolute Gasteiger partial charge is 0.130 e. The van der Waals surface area contributed by atoms with Crippen LogP contribution in [0.3, 0.4) is 0 Å². The van der Waals surface area contributed by atoms with Gasteiger partial charge in [-0.2, -0.15) is 5.26 Å². The second-order valence-electron chi connectivity index (χ2n) is 4.32. The fourth-order valence-electron chi connectivity index (χ4n) is 2.26. The van der Waals surface area contributed by atoms with Crippen molar-refractivity contribution in [2.24, 2.45) is 0 Å². The van der Waals surface area contributed by atoms with Crippen molar-refractivity contribution in [3.63, 3.8) is 0 Å². The number of aromatic nitrogens is 1. The SMILES string of the molecule is N#Cc1cccc2[nH]cc(C3(C=O)CC3)c12. The first-order valence-electron chi connectivity index (χ1n) is 5.28. The molecule has 2 aromatic rings. The van der Waals surface area contributed by atoms with E-state index in [-0.39, 0.29) is 5.41 Å². The van der Waals surface area contributed by atoms with Gasteiger partial charge in [0.1, 0.15) is 6.29 Å². The summed E-state index contributed by atoms with van der Waals surface area (Å²) in [7, 11) is 0. The maximum absolute atomic E-state index is 11.1. The Labute approximate surface area is 92.7 Å². The van der Waals surface area contributed by atoms with Crippen LogP contribution in [0, 0.1) is 11.3 Å². The van der Waals surface area contributed by atoms with Crippen molar-refractivity contribution in [3.05, 3.63) is 35.5 Å². The topological polar surface area (TPSA) is 56.6 Å². The Kier molecular flexibility index (Phi) is 1.69. The Morgan fingerprint density at radius 2 is 2.25 bits per heavy atom. The van der Waals surface area contributed by atoms with Crippen LogP contribution in [0.2, 0.25) is 0 Å². The van der Waals surface area contributed by atoms with Gasteiger partial charge in [-0.25, -0.2) is 0 Å². The van der Waals surface area contributed by atoms with Crippen molar-refractivity contribution in [1.29, 1.82) is 5.26 Å². The molecule has 0 unspecified atom stereocenters. The summed E-state index contributed by atoms with van der Waals surface area (Å²) in [5.41, 5.74) is 2.23. The third-order valence-corrected chi connectivity index (χ3v) is 3.38. The van der Waals surface area contributed by atoms with Gasteiger partial charge in [0.2, 0.25) is 0 Å². The van der Waals surface area contributed by atoms with E-state index in [1.807, 2.05) is 18.3 Å². The molecular formula is C13H10N2O. The number of aldehydes is 1. The number of hydrogen-bond donors (Lipinski definition) is 1. The molecule has 1 N–H and O–H groups in total. The average Bonchev–Trinajstić information content (AvgIpc) is 3.01. The fraction of sp³-hybridized carbons (Fsp3) is 0.231. The number of carbonyl (C=O) groups excluding carboxylic acids is 1. The third kappa shape index (κ3) is 1.04. The number of nitriles is 1. The van der Waals surface area contributed by atoms with E-state index in [1.165, 1.54) is 0 Å². The fourth-order valence-corrected chi connectivity index (χ4v) is 2.26. The van der Waals surface area contributed by atoms with E-state index in [2.05, 4.69) is 11.1 Å². The average molecular weight is 210 g/mol. The number of nitrogens with one attached hydrogen (secondary N) is 1. The Morgan fingerprint density at radius 1 is 1.44 bits per heavy atom. The Bertz CT molecular complexity index is 614. The minimum atomic E-state index is -0.328. The Morgan fingerprint density at radius 3 is 2.88 bits per heavy atom. The first kappa shape index (κ1) is 9.17. The minimum absolute atomic E-state index is 0.328. The van der Waals surface area contributed by atoms with Crippen molar-refractivity contribution < 1.29 is 4.79 Å². The molecule has 3 heteroatoms. The van der Waals surface area contributed by atoms with Crippen molar-refractivity contribution >= 4 is 17.2 Å². The quantitative estimate of drug-likeness (QED) is 0.773. The van der Waals surface area contributed by atoms with Crippen LogP contribution in [-0.2, 0) is 10.2 Å².